The van der Waals surface area contributed by atoms with E-state index in [1.54, 1.807) is 37.4 Å². The van der Waals surface area contributed by atoms with Gasteiger partial charge in [-0.25, -0.2) is 4.98 Å². The lowest BCUT2D eigenvalue weighted by Gasteiger charge is -2.36. The Bertz CT molecular complexity index is 1460. The molecule has 2 aromatic carbocycles. The summed E-state index contributed by atoms with van der Waals surface area (Å²) in [5.74, 6) is 0.588. The molecule has 1 aliphatic rings. The van der Waals surface area contributed by atoms with E-state index in [0.717, 1.165) is 23.4 Å². The topological polar surface area (TPSA) is 100 Å². The number of halogens is 2. The number of likely N-dealkylation sites (tertiary alicyclic amines) is 1. The van der Waals surface area contributed by atoms with Crippen LogP contribution in [0.3, 0.4) is 0 Å². The van der Waals surface area contributed by atoms with Crippen molar-refractivity contribution in [1.82, 2.24) is 20.1 Å². The normalized spacial score (nSPS) is 14.6. The van der Waals surface area contributed by atoms with Crippen molar-refractivity contribution in [2.45, 2.75) is 38.2 Å². The quantitative estimate of drug-likeness (QED) is 0.296. The lowest BCUT2D eigenvalue weighted by atomic mass is 9.96. The SMILES string of the molecule is CC(C)(Oc1ccccc1Cl)C(=O)N1CCC(c2nc(C(=O)Nc3n[nH]c4cccc(Cl)c34)cs2)CC1. The fourth-order valence-electron chi connectivity index (χ4n) is 4.43. The molecular formula is C26H25Cl2N5O3S. The molecule has 8 nitrogen and oxygen atoms in total. The van der Waals surface area contributed by atoms with E-state index in [0.29, 0.717) is 45.8 Å². The van der Waals surface area contributed by atoms with E-state index in [-0.39, 0.29) is 17.7 Å². The van der Waals surface area contributed by atoms with Crippen molar-refractivity contribution < 1.29 is 14.3 Å². The van der Waals surface area contributed by atoms with Crippen molar-refractivity contribution in [2.75, 3.05) is 18.4 Å². The number of amides is 2. The Hall–Kier alpha value is -3.14. The van der Waals surface area contributed by atoms with Gasteiger partial charge in [-0.1, -0.05) is 41.4 Å². The second-order valence-electron chi connectivity index (χ2n) is 9.37. The van der Waals surface area contributed by atoms with Crippen LogP contribution in [0.25, 0.3) is 10.9 Å². The highest BCUT2D eigenvalue weighted by molar-refractivity contribution is 7.10. The number of carbonyl (C=O) groups is 2. The van der Waals surface area contributed by atoms with Crippen LogP contribution in [-0.4, -0.2) is 50.6 Å². The predicted octanol–water partition coefficient (Wildman–Crippen LogP) is 6.14. The van der Waals surface area contributed by atoms with Gasteiger partial charge in [0.1, 0.15) is 11.4 Å². The summed E-state index contributed by atoms with van der Waals surface area (Å²) in [6.07, 6.45) is 1.50. The minimum absolute atomic E-state index is 0.0880. The molecule has 1 fully saturated rings. The molecule has 5 rings (SSSR count). The molecular weight excluding hydrogens is 533 g/mol. The number of aromatic nitrogens is 3. The first-order valence-electron chi connectivity index (χ1n) is 11.8. The summed E-state index contributed by atoms with van der Waals surface area (Å²) in [5.41, 5.74) is 0.0170. The van der Waals surface area contributed by atoms with Gasteiger partial charge in [0, 0.05) is 24.4 Å². The summed E-state index contributed by atoms with van der Waals surface area (Å²) in [6.45, 7) is 4.67. The molecule has 2 aromatic heterocycles. The van der Waals surface area contributed by atoms with Crippen LogP contribution < -0.4 is 10.1 Å². The number of piperidine rings is 1. The highest BCUT2D eigenvalue weighted by Crippen LogP contribution is 2.33. The van der Waals surface area contributed by atoms with Crippen molar-refractivity contribution in [1.29, 1.82) is 0 Å². The number of hydrogen-bond donors (Lipinski definition) is 2. The van der Waals surface area contributed by atoms with Crippen LogP contribution in [0, 0.1) is 0 Å². The number of para-hydroxylation sites is 1. The molecule has 1 saturated heterocycles. The maximum absolute atomic E-state index is 13.2. The van der Waals surface area contributed by atoms with Crippen LogP contribution in [0.2, 0.25) is 10.0 Å². The predicted molar refractivity (Wildman–Crippen MR) is 146 cm³/mol. The van der Waals surface area contributed by atoms with E-state index in [9.17, 15) is 9.59 Å². The van der Waals surface area contributed by atoms with Gasteiger partial charge in [-0.15, -0.1) is 11.3 Å². The maximum Gasteiger partial charge on any atom is 0.276 e. The number of fused-ring (bicyclic) bond motifs is 1. The summed E-state index contributed by atoms with van der Waals surface area (Å²) < 4.78 is 5.97. The first-order valence-corrected chi connectivity index (χ1v) is 13.5. The number of benzene rings is 2. The van der Waals surface area contributed by atoms with Gasteiger partial charge in [0.05, 0.1) is 26.0 Å². The smallest absolute Gasteiger partial charge is 0.276 e. The molecule has 0 aliphatic carbocycles. The van der Waals surface area contributed by atoms with E-state index in [4.69, 9.17) is 27.9 Å². The van der Waals surface area contributed by atoms with Gasteiger partial charge in [0.25, 0.3) is 11.8 Å². The van der Waals surface area contributed by atoms with Crippen molar-refractivity contribution in [3.05, 3.63) is 68.6 Å². The number of nitrogens with one attached hydrogen (secondary N) is 2. The molecule has 37 heavy (non-hydrogen) atoms. The van der Waals surface area contributed by atoms with E-state index in [2.05, 4.69) is 20.5 Å². The van der Waals surface area contributed by atoms with Gasteiger partial charge < -0.3 is 15.0 Å². The summed E-state index contributed by atoms with van der Waals surface area (Å²) in [7, 11) is 0. The van der Waals surface area contributed by atoms with Crippen LogP contribution >= 0.6 is 34.5 Å². The molecule has 0 radical (unpaired) electrons. The van der Waals surface area contributed by atoms with Crippen molar-refractivity contribution in [2.24, 2.45) is 0 Å². The highest BCUT2D eigenvalue weighted by atomic mass is 35.5. The molecule has 2 N–H and O–H groups in total. The van der Waals surface area contributed by atoms with Gasteiger partial charge in [-0.05, 0) is 51.0 Å². The van der Waals surface area contributed by atoms with E-state index in [1.807, 2.05) is 29.2 Å². The third-order valence-corrected chi connectivity index (χ3v) is 8.01. The number of nitrogens with zero attached hydrogens (tertiary/aromatic N) is 3. The Balaban J connectivity index is 1.20. The number of carbonyl (C=O) groups excluding carboxylic acids is 2. The van der Waals surface area contributed by atoms with Crippen LogP contribution in [0.5, 0.6) is 5.75 Å². The number of anilines is 1. The number of H-pyrrole nitrogens is 1. The van der Waals surface area contributed by atoms with E-state index >= 15 is 0 Å². The van der Waals surface area contributed by atoms with Gasteiger partial charge >= 0.3 is 0 Å². The number of aromatic amines is 1. The molecule has 0 unspecified atom stereocenters. The molecule has 0 bridgehead atoms. The fourth-order valence-corrected chi connectivity index (χ4v) is 5.84. The first-order chi connectivity index (χ1) is 17.7. The number of hydrogen-bond acceptors (Lipinski definition) is 6. The molecule has 0 atom stereocenters. The van der Waals surface area contributed by atoms with Gasteiger partial charge in [-0.3, -0.25) is 14.7 Å². The third kappa shape index (κ3) is 5.30. The Morgan fingerprint density at radius 2 is 1.84 bits per heavy atom. The van der Waals surface area contributed by atoms with Gasteiger partial charge in [0.15, 0.2) is 11.4 Å². The molecule has 3 heterocycles. The Morgan fingerprint density at radius 3 is 2.59 bits per heavy atom. The molecule has 192 valence electrons. The lowest BCUT2D eigenvalue weighted by molar-refractivity contribution is -0.146. The lowest BCUT2D eigenvalue weighted by Crippen LogP contribution is -2.51. The zero-order valence-electron chi connectivity index (χ0n) is 20.3. The van der Waals surface area contributed by atoms with Crippen LogP contribution in [-0.2, 0) is 4.79 Å². The fraction of sp³-hybridized carbons (Fsp3) is 0.308. The number of rotatable bonds is 6. The zero-order valence-corrected chi connectivity index (χ0v) is 22.6. The molecule has 0 saturated carbocycles. The number of thiazole rings is 1. The second-order valence-corrected chi connectivity index (χ2v) is 11.1. The molecule has 1 aliphatic heterocycles. The second kappa shape index (κ2) is 10.3. The summed E-state index contributed by atoms with van der Waals surface area (Å²) in [6, 6.07) is 12.5. The molecule has 0 spiro atoms. The van der Waals surface area contributed by atoms with Crippen molar-refractivity contribution in [3.63, 3.8) is 0 Å². The minimum atomic E-state index is -1.05. The monoisotopic (exact) mass is 557 g/mol. The average Bonchev–Trinajstić information content (AvgIpc) is 3.54. The van der Waals surface area contributed by atoms with Crippen molar-refractivity contribution >= 4 is 63.1 Å². The summed E-state index contributed by atoms with van der Waals surface area (Å²) >= 11 is 13.9. The maximum atomic E-state index is 13.2. The standard InChI is InChI=1S/C26H25Cl2N5O3S/c1-26(2,36-20-9-4-3-6-16(20)27)25(35)33-12-10-15(11-13-33)24-29-19(14-37-24)23(34)30-22-21-17(28)7-5-8-18(21)31-32-22/h3-9,14-15H,10-13H2,1-2H3,(H2,30,31,32,34). The van der Waals surface area contributed by atoms with Gasteiger partial charge in [-0.2, -0.15) is 5.10 Å². The molecule has 2 amide bonds. The summed E-state index contributed by atoms with van der Waals surface area (Å²) in [4.78, 5) is 32.5. The van der Waals surface area contributed by atoms with Crippen LogP contribution in [0.4, 0.5) is 5.82 Å². The minimum Gasteiger partial charge on any atom is -0.476 e. The Labute approximate surface area is 227 Å². The van der Waals surface area contributed by atoms with E-state index < -0.39 is 5.60 Å². The zero-order chi connectivity index (χ0) is 26.2. The van der Waals surface area contributed by atoms with E-state index in [1.165, 1.54) is 11.3 Å². The average molecular weight is 558 g/mol. The van der Waals surface area contributed by atoms with Crippen LogP contribution in [0.15, 0.2) is 47.8 Å². The third-order valence-electron chi connectivity index (χ3n) is 6.37. The first kappa shape index (κ1) is 25.5. The molecule has 11 heteroatoms. The largest absolute Gasteiger partial charge is 0.476 e. The molecule has 4 aromatic rings. The number of ether oxygens (including phenoxy) is 1. The highest BCUT2D eigenvalue weighted by Gasteiger charge is 2.37. The summed E-state index contributed by atoms with van der Waals surface area (Å²) in [5, 5.41) is 14.1. The van der Waals surface area contributed by atoms with Crippen molar-refractivity contribution in [3.8, 4) is 5.75 Å². The van der Waals surface area contributed by atoms with Gasteiger partial charge in [0.2, 0.25) is 0 Å². The Morgan fingerprint density at radius 1 is 1.11 bits per heavy atom. The van der Waals surface area contributed by atoms with Crippen LogP contribution in [0.1, 0.15) is 48.1 Å². The Kier molecular flexibility index (Phi) is 7.11.